The van der Waals surface area contributed by atoms with E-state index in [9.17, 15) is 4.79 Å². The first-order valence-corrected chi connectivity index (χ1v) is 5.62. The standard InChI is InChI=1S/C11H17N3O2/c1-8(2)13-4-3-5-14-9(7-13)6-10(12-14)11(15)16/h6,8H,3-5,7H2,1-2H3,(H,15,16). The van der Waals surface area contributed by atoms with Crippen LogP contribution in [0.25, 0.3) is 0 Å². The highest BCUT2D eigenvalue weighted by Gasteiger charge is 2.20. The summed E-state index contributed by atoms with van der Waals surface area (Å²) in [6.45, 7) is 6.96. The monoisotopic (exact) mass is 223 g/mol. The molecule has 0 aromatic carbocycles. The number of carboxylic acid groups (broad SMARTS) is 1. The number of carbonyl (C=O) groups is 1. The van der Waals surface area contributed by atoms with Crippen molar-refractivity contribution >= 4 is 5.97 Å². The third-order valence-corrected chi connectivity index (χ3v) is 2.99. The van der Waals surface area contributed by atoms with Crippen LogP contribution in [0, 0.1) is 0 Å². The van der Waals surface area contributed by atoms with Crippen LogP contribution < -0.4 is 0 Å². The Balaban J connectivity index is 2.25. The van der Waals surface area contributed by atoms with Gasteiger partial charge in [0.15, 0.2) is 5.69 Å². The molecule has 0 saturated carbocycles. The molecule has 1 aliphatic heterocycles. The molecule has 1 aliphatic rings. The Morgan fingerprint density at radius 1 is 1.50 bits per heavy atom. The summed E-state index contributed by atoms with van der Waals surface area (Å²) >= 11 is 0. The van der Waals surface area contributed by atoms with Gasteiger partial charge >= 0.3 is 5.97 Å². The van der Waals surface area contributed by atoms with E-state index in [0.29, 0.717) is 6.04 Å². The second kappa shape index (κ2) is 4.25. The summed E-state index contributed by atoms with van der Waals surface area (Å²) in [7, 11) is 0. The number of aromatic nitrogens is 2. The second-order valence-corrected chi connectivity index (χ2v) is 4.47. The molecule has 16 heavy (non-hydrogen) atoms. The van der Waals surface area contributed by atoms with Gasteiger partial charge < -0.3 is 5.11 Å². The van der Waals surface area contributed by atoms with Crippen LogP contribution >= 0.6 is 0 Å². The quantitative estimate of drug-likeness (QED) is 0.818. The Hall–Kier alpha value is -1.36. The van der Waals surface area contributed by atoms with Crippen LogP contribution in [0.2, 0.25) is 0 Å². The normalized spacial score (nSPS) is 17.2. The molecule has 88 valence electrons. The van der Waals surface area contributed by atoms with Gasteiger partial charge in [-0.05, 0) is 26.3 Å². The molecule has 0 atom stereocenters. The highest BCUT2D eigenvalue weighted by molar-refractivity contribution is 5.85. The fraction of sp³-hybridized carbons (Fsp3) is 0.636. The van der Waals surface area contributed by atoms with Crippen molar-refractivity contribution in [3.63, 3.8) is 0 Å². The maximum atomic E-state index is 10.8. The van der Waals surface area contributed by atoms with E-state index >= 15 is 0 Å². The van der Waals surface area contributed by atoms with Crippen molar-refractivity contribution in [1.29, 1.82) is 0 Å². The first-order valence-electron chi connectivity index (χ1n) is 5.62. The van der Waals surface area contributed by atoms with Gasteiger partial charge in [-0.15, -0.1) is 0 Å². The minimum atomic E-state index is -0.948. The number of nitrogens with zero attached hydrogens (tertiary/aromatic N) is 3. The van der Waals surface area contributed by atoms with Crippen LogP contribution in [0.1, 0.15) is 36.5 Å². The van der Waals surface area contributed by atoms with E-state index in [1.165, 1.54) is 0 Å². The van der Waals surface area contributed by atoms with Crippen LogP contribution in [0.15, 0.2) is 6.07 Å². The summed E-state index contributed by atoms with van der Waals surface area (Å²) in [5.74, 6) is -0.948. The summed E-state index contributed by atoms with van der Waals surface area (Å²) in [5.41, 5.74) is 1.16. The number of hydrogen-bond donors (Lipinski definition) is 1. The zero-order valence-corrected chi connectivity index (χ0v) is 9.68. The zero-order chi connectivity index (χ0) is 11.7. The average molecular weight is 223 g/mol. The Morgan fingerprint density at radius 3 is 2.88 bits per heavy atom. The first kappa shape index (κ1) is 11.1. The van der Waals surface area contributed by atoms with Gasteiger partial charge in [-0.1, -0.05) is 0 Å². The third-order valence-electron chi connectivity index (χ3n) is 2.99. The van der Waals surface area contributed by atoms with Crippen LogP contribution in [0.5, 0.6) is 0 Å². The molecule has 5 heteroatoms. The number of rotatable bonds is 2. The summed E-state index contributed by atoms with van der Waals surface area (Å²) in [6, 6.07) is 2.16. The highest BCUT2D eigenvalue weighted by Crippen LogP contribution is 2.15. The van der Waals surface area contributed by atoms with E-state index in [1.54, 1.807) is 6.07 Å². The maximum absolute atomic E-state index is 10.8. The molecule has 1 N–H and O–H groups in total. The molecule has 0 amide bonds. The van der Waals surface area contributed by atoms with Crippen molar-refractivity contribution in [3.8, 4) is 0 Å². The molecule has 2 rings (SSSR count). The molecule has 1 aromatic heterocycles. The Labute approximate surface area is 94.7 Å². The van der Waals surface area contributed by atoms with E-state index in [2.05, 4.69) is 23.8 Å². The minimum Gasteiger partial charge on any atom is -0.476 e. The smallest absolute Gasteiger partial charge is 0.356 e. The van der Waals surface area contributed by atoms with Gasteiger partial charge in [-0.25, -0.2) is 4.79 Å². The lowest BCUT2D eigenvalue weighted by molar-refractivity contribution is 0.0689. The molecule has 0 saturated heterocycles. The molecule has 0 fully saturated rings. The summed E-state index contributed by atoms with van der Waals surface area (Å²) in [6.07, 6.45) is 1.02. The number of carboxylic acids is 1. The van der Waals surface area contributed by atoms with E-state index in [-0.39, 0.29) is 5.69 Å². The Kier molecular flexibility index (Phi) is 2.96. The highest BCUT2D eigenvalue weighted by atomic mass is 16.4. The molecule has 0 radical (unpaired) electrons. The number of aromatic carboxylic acids is 1. The van der Waals surface area contributed by atoms with Crippen LogP contribution in [0.3, 0.4) is 0 Å². The van der Waals surface area contributed by atoms with Crippen molar-refractivity contribution in [3.05, 3.63) is 17.5 Å². The summed E-state index contributed by atoms with van der Waals surface area (Å²) in [5, 5.41) is 13.0. The lowest BCUT2D eigenvalue weighted by Gasteiger charge is -2.23. The van der Waals surface area contributed by atoms with Crippen molar-refractivity contribution in [2.45, 2.75) is 39.4 Å². The number of aryl methyl sites for hydroxylation is 1. The summed E-state index contributed by atoms with van der Waals surface area (Å²) < 4.78 is 1.83. The van der Waals surface area contributed by atoms with Gasteiger partial charge in [-0.3, -0.25) is 9.58 Å². The minimum absolute atomic E-state index is 0.153. The molecule has 0 spiro atoms. The van der Waals surface area contributed by atoms with Gasteiger partial charge in [0, 0.05) is 25.7 Å². The van der Waals surface area contributed by atoms with E-state index in [0.717, 1.165) is 31.7 Å². The third kappa shape index (κ3) is 2.09. The fourth-order valence-electron chi connectivity index (χ4n) is 2.03. The summed E-state index contributed by atoms with van der Waals surface area (Å²) in [4.78, 5) is 13.2. The predicted octanol–water partition coefficient (Wildman–Crippen LogP) is 1.20. The molecular formula is C11H17N3O2. The lowest BCUT2D eigenvalue weighted by Crippen LogP contribution is -2.30. The lowest BCUT2D eigenvalue weighted by atomic mass is 10.2. The SMILES string of the molecule is CC(C)N1CCCn2nc(C(=O)O)cc2C1. The zero-order valence-electron chi connectivity index (χ0n) is 9.68. The van der Waals surface area contributed by atoms with Crippen molar-refractivity contribution in [2.75, 3.05) is 6.54 Å². The van der Waals surface area contributed by atoms with Gasteiger partial charge in [0.25, 0.3) is 0 Å². The first-order chi connectivity index (χ1) is 7.58. The van der Waals surface area contributed by atoms with Crippen molar-refractivity contribution in [1.82, 2.24) is 14.7 Å². The van der Waals surface area contributed by atoms with Gasteiger partial charge in [0.05, 0.1) is 5.69 Å². The molecule has 2 heterocycles. The van der Waals surface area contributed by atoms with Crippen LogP contribution in [-0.2, 0) is 13.1 Å². The molecular weight excluding hydrogens is 206 g/mol. The number of fused-ring (bicyclic) bond motifs is 1. The topological polar surface area (TPSA) is 58.4 Å². The van der Waals surface area contributed by atoms with Gasteiger partial charge in [-0.2, -0.15) is 5.10 Å². The number of hydrogen-bond acceptors (Lipinski definition) is 3. The van der Waals surface area contributed by atoms with E-state index in [4.69, 9.17) is 5.11 Å². The van der Waals surface area contributed by atoms with E-state index < -0.39 is 5.97 Å². The largest absolute Gasteiger partial charge is 0.476 e. The van der Waals surface area contributed by atoms with Crippen molar-refractivity contribution < 1.29 is 9.90 Å². The Bertz CT molecular complexity index is 398. The molecule has 0 unspecified atom stereocenters. The van der Waals surface area contributed by atoms with Gasteiger partial charge in [0.1, 0.15) is 0 Å². The fourth-order valence-corrected chi connectivity index (χ4v) is 2.03. The van der Waals surface area contributed by atoms with Crippen LogP contribution in [-0.4, -0.2) is 38.3 Å². The van der Waals surface area contributed by atoms with Gasteiger partial charge in [0.2, 0.25) is 0 Å². The second-order valence-electron chi connectivity index (χ2n) is 4.47. The van der Waals surface area contributed by atoms with Crippen molar-refractivity contribution in [2.24, 2.45) is 0 Å². The predicted molar refractivity (Wildman–Crippen MR) is 59.3 cm³/mol. The van der Waals surface area contributed by atoms with Crippen LogP contribution in [0.4, 0.5) is 0 Å². The maximum Gasteiger partial charge on any atom is 0.356 e. The molecule has 0 aliphatic carbocycles. The average Bonchev–Trinajstić information content (AvgIpc) is 2.50. The molecule has 0 bridgehead atoms. The molecule has 1 aromatic rings. The Morgan fingerprint density at radius 2 is 2.25 bits per heavy atom. The molecule has 5 nitrogen and oxygen atoms in total. The van der Waals surface area contributed by atoms with E-state index in [1.807, 2.05) is 4.68 Å².